The van der Waals surface area contributed by atoms with Gasteiger partial charge in [-0.2, -0.15) is 4.39 Å². The predicted molar refractivity (Wildman–Crippen MR) is 58.0 cm³/mol. The van der Waals surface area contributed by atoms with Crippen molar-refractivity contribution in [1.82, 2.24) is 0 Å². The number of nitrogen functional groups attached to an aromatic ring is 1. The summed E-state index contributed by atoms with van der Waals surface area (Å²) >= 11 is 2.71. The first kappa shape index (κ1) is 8.84. The van der Waals surface area contributed by atoms with Crippen LogP contribution in [-0.4, -0.2) is 6.26 Å². The van der Waals surface area contributed by atoms with Gasteiger partial charge in [-0.25, -0.2) is 0 Å². The van der Waals surface area contributed by atoms with Gasteiger partial charge in [0.25, 0.3) is 0 Å². The molecule has 1 heterocycles. The molecule has 0 aliphatic heterocycles. The number of fused-ring (bicyclic) bond motifs is 1. The molecule has 2 aromatic rings. The van der Waals surface area contributed by atoms with Gasteiger partial charge in [-0.15, -0.1) is 23.1 Å². The first-order valence-electron chi connectivity index (χ1n) is 3.73. The molecule has 2 rings (SSSR count). The number of benzene rings is 1. The van der Waals surface area contributed by atoms with Crippen molar-refractivity contribution in [1.29, 1.82) is 0 Å². The van der Waals surface area contributed by atoms with E-state index in [9.17, 15) is 4.39 Å². The Morgan fingerprint density at radius 3 is 2.85 bits per heavy atom. The summed E-state index contributed by atoms with van der Waals surface area (Å²) in [5.41, 5.74) is 6.44. The summed E-state index contributed by atoms with van der Waals surface area (Å²) in [6.45, 7) is 0. The van der Waals surface area contributed by atoms with Gasteiger partial charge < -0.3 is 5.73 Å². The smallest absolute Gasteiger partial charge is 0.177 e. The van der Waals surface area contributed by atoms with Crippen LogP contribution in [0.15, 0.2) is 23.1 Å². The summed E-state index contributed by atoms with van der Waals surface area (Å²) in [7, 11) is 0. The zero-order valence-corrected chi connectivity index (χ0v) is 8.64. The second kappa shape index (κ2) is 3.20. The Labute approximate surface area is 83.7 Å². The maximum atomic E-state index is 12.9. The molecule has 1 nitrogen and oxygen atoms in total. The molecule has 0 unspecified atom stereocenters. The Bertz CT molecular complexity index is 450. The first-order valence-corrected chi connectivity index (χ1v) is 5.77. The maximum Gasteiger partial charge on any atom is 0.177 e. The molecule has 0 saturated carbocycles. The fraction of sp³-hybridized carbons (Fsp3) is 0.111. The third-order valence-corrected chi connectivity index (χ3v) is 3.52. The van der Waals surface area contributed by atoms with Crippen LogP contribution in [0.5, 0.6) is 0 Å². The van der Waals surface area contributed by atoms with E-state index in [4.69, 9.17) is 5.73 Å². The van der Waals surface area contributed by atoms with Gasteiger partial charge in [0.05, 0.1) is 10.4 Å². The summed E-state index contributed by atoms with van der Waals surface area (Å²) in [6, 6.07) is 5.36. The molecule has 0 amide bonds. The topological polar surface area (TPSA) is 26.0 Å². The van der Waals surface area contributed by atoms with E-state index in [1.54, 1.807) is 11.8 Å². The van der Waals surface area contributed by atoms with E-state index >= 15 is 0 Å². The van der Waals surface area contributed by atoms with Crippen molar-refractivity contribution in [3.05, 3.63) is 23.3 Å². The lowest BCUT2D eigenvalue weighted by Gasteiger charge is -1.99. The van der Waals surface area contributed by atoms with Gasteiger partial charge in [0.1, 0.15) is 0 Å². The fourth-order valence-corrected chi connectivity index (χ4v) is 2.52. The lowest BCUT2D eigenvalue weighted by atomic mass is 10.2. The van der Waals surface area contributed by atoms with E-state index in [0.717, 1.165) is 26.3 Å². The lowest BCUT2D eigenvalue weighted by Crippen LogP contribution is -1.84. The number of thiophene rings is 1. The highest BCUT2D eigenvalue weighted by Crippen LogP contribution is 2.33. The Morgan fingerprint density at radius 1 is 1.38 bits per heavy atom. The SMILES string of the molecule is CSc1cc(N)c2sc(F)cc2c1. The molecule has 0 aliphatic carbocycles. The van der Waals surface area contributed by atoms with Crippen LogP contribution in [0.1, 0.15) is 0 Å². The van der Waals surface area contributed by atoms with Crippen molar-refractivity contribution in [2.45, 2.75) is 4.90 Å². The van der Waals surface area contributed by atoms with Gasteiger partial charge in [-0.1, -0.05) is 0 Å². The van der Waals surface area contributed by atoms with Crippen molar-refractivity contribution in [3.8, 4) is 0 Å². The number of nitrogens with two attached hydrogens (primary N) is 1. The van der Waals surface area contributed by atoms with Crippen molar-refractivity contribution in [2.75, 3.05) is 12.0 Å². The largest absolute Gasteiger partial charge is 0.398 e. The van der Waals surface area contributed by atoms with E-state index < -0.39 is 0 Å². The number of thioether (sulfide) groups is 1. The van der Waals surface area contributed by atoms with Crippen molar-refractivity contribution in [3.63, 3.8) is 0 Å². The molecule has 4 heteroatoms. The molecular formula is C9H8FNS2. The quantitative estimate of drug-likeness (QED) is 0.580. The number of rotatable bonds is 1. The average Bonchev–Trinajstić information content (AvgIpc) is 2.46. The minimum atomic E-state index is -0.181. The second-order valence-corrected chi connectivity index (χ2v) is 4.57. The molecule has 0 bridgehead atoms. The Kier molecular flexibility index (Phi) is 2.17. The number of hydrogen-bond donors (Lipinski definition) is 1. The van der Waals surface area contributed by atoms with Crippen molar-refractivity contribution >= 4 is 38.9 Å². The van der Waals surface area contributed by atoms with Crippen LogP contribution in [0.3, 0.4) is 0 Å². The van der Waals surface area contributed by atoms with Crippen molar-refractivity contribution in [2.24, 2.45) is 0 Å². The molecule has 68 valence electrons. The molecule has 0 atom stereocenters. The van der Waals surface area contributed by atoms with Gasteiger partial charge in [-0.05, 0) is 29.8 Å². The van der Waals surface area contributed by atoms with E-state index in [-0.39, 0.29) is 5.13 Å². The standard InChI is InChI=1S/C9H8FNS2/c1-12-6-2-5-3-8(10)13-9(5)7(11)4-6/h2-4H,11H2,1H3. The molecule has 0 aliphatic rings. The van der Waals surface area contributed by atoms with Crippen LogP contribution in [0, 0.1) is 5.13 Å². The Hall–Kier alpha value is -0.740. The molecular weight excluding hydrogens is 205 g/mol. The number of halogens is 1. The molecule has 2 N–H and O–H groups in total. The van der Waals surface area contributed by atoms with Crippen LogP contribution in [0.2, 0.25) is 0 Å². The van der Waals surface area contributed by atoms with E-state index in [1.807, 2.05) is 18.4 Å². The second-order valence-electron chi connectivity index (χ2n) is 2.69. The maximum absolute atomic E-state index is 12.9. The van der Waals surface area contributed by atoms with Crippen LogP contribution < -0.4 is 5.73 Å². The van der Waals surface area contributed by atoms with E-state index in [1.165, 1.54) is 6.07 Å². The average molecular weight is 213 g/mol. The lowest BCUT2D eigenvalue weighted by molar-refractivity contribution is 0.658. The summed E-state index contributed by atoms with van der Waals surface area (Å²) in [4.78, 5) is 1.07. The number of hydrogen-bond acceptors (Lipinski definition) is 3. The fourth-order valence-electron chi connectivity index (χ4n) is 1.24. The highest BCUT2D eigenvalue weighted by molar-refractivity contribution is 7.98. The molecule has 0 radical (unpaired) electrons. The highest BCUT2D eigenvalue weighted by Gasteiger charge is 2.05. The third kappa shape index (κ3) is 1.51. The van der Waals surface area contributed by atoms with Crippen LogP contribution >= 0.6 is 23.1 Å². The molecule has 0 spiro atoms. The monoisotopic (exact) mass is 213 g/mol. The predicted octanol–water partition coefficient (Wildman–Crippen LogP) is 3.34. The normalized spacial score (nSPS) is 10.9. The van der Waals surface area contributed by atoms with Gasteiger partial charge in [-0.3, -0.25) is 0 Å². The van der Waals surface area contributed by atoms with E-state index in [0.29, 0.717) is 5.69 Å². The van der Waals surface area contributed by atoms with Crippen LogP contribution in [0.4, 0.5) is 10.1 Å². The summed E-state index contributed by atoms with van der Waals surface area (Å²) < 4.78 is 13.7. The van der Waals surface area contributed by atoms with Gasteiger partial charge in [0.15, 0.2) is 5.13 Å². The van der Waals surface area contributed by atoms with Gasteiger partial charge in [0.2, 0.25) is 0 Å². The Morgan fingerprint density at radius 2 is 2.15 bits per heavy atom. The van der Waals surface area contributed by atoms with Crippen LogP contribution in [-0.2, 0) is 0 Å². The van der Waals surface area contributed by atoms with Gasteiger partial charge in [0, 0.05) is 4.90 Å². The molecule has 0 fully saturated rings. The molecule has 0 saturated heterocycles. The summed E-state index contributed by atoms with van der Waals surface area (Å²) in [5, 5.41) is 0.715. The summed E-state index contributed by atoms with van der Waals surface area (Å²) in [6.07, 6.45) is 1.98. The van der Waals surface area contributed by atoms with Crippen molar-refractivity contribution < 1.29 is 4.39 Å². The minimum absolute atomic E-state index is 0.181. The Balaban J connectivity index is 2.75. The summed E-state index contributed by atoms with van der Waals surface area (Å²) in [5.74, 6) is 0. The van der Waals surface area contributed by atoms with Crippen LogP contribution in [0.25, 0.3) is 10.1 Å². The molecule has 1 aromatic heterocycles. The minimum Gasteiger partial charge on any atom is -0.398 e. The third-order valence-electron chi connectivity index (χ3n) is 1.82. The first-order chi connectivity index (χ1) is 6.20. The number of anilines is 1. The zero-order valence-electron chi connectivity index (χ0n) is 7.00. The van der Waals surface area contributed by atoms with E-state index in [2.05, 4.69) is 0 Å². The van der Waals surface area contributed by atoms with Gasteiger partial charge >= 0.3 is 0 Å². The molecule has 13 heavy (non-hydrogen) atoms. The zero-order chi connectivity index (χ0) is 9.42. The highest BCUT2D eigenvalue weighted by atomic mass is 32.2. The molecule has 1 aromatic carbocycles.